The van der Waals surface area contributed by atoms with Crippen LogP contribution in [0.3, 0.4) is 0 Å². The Bertz CT molecular complexity index is 2080. The number of hydrogen-bond donors (Lipinski definition) is 3. The van der Waals surface area contributed by atoms with E-state index >= 15 is 8.78 Å². The number of rotatable bonds is 3. The molecule has 8 rings (SSSR count). The first-order valence-corrected chi connectivity index (χ1v) is 22.4. The summed E-state index contributed by atoms with van der Waals surface area (Å²) in [5.41, 5.74) is -1.96. The van der Waals surface area contributed by atoms with Crippen molar-refractivity contribution in [2.75, 3.05) is 19.7 Å². The number of hydrogen-bond acceptors (Lipinski definition) is 10. The minimum atomic E-state index is -3.95. The van der Waals surface area contributed by atoms with Crippen LogP contribution in [0.1, 0.15) is 108 Å². The fourth-order valence-corrected chi connectivity index (χ4v) is 10.3. The average molecular weight is 827 g/mol. The van der Waals surface area contributed by atoms with Crippen molar-refractivity contribution in [3.8, 4) is 5.88 Å². The van der Waals surface area contributed by atoms with E-state index in [-0.39, 0.29) is 43.5 Å². The highest BCUT2D eigenvalue weighted by atomic mass is 32.2. The predicted molar refractivity (Wildman–Crippen MR) is 207 cm³/mol. The molecular weight excluding hydrogens is 775 g/mol. The van der Waals surface area contributed by atoms with E-state index in [1.807, 2.05) is 12.2 Å². The van der Waals surface area contributed by atoms with Gasteiger partial charge >= 0.3 is 6.09 Å². The highest BCUT2D eigenvalue weighted by Crippen LogP contribution is 2.48. The number of para-hydroxylation sites is 2. The lowest BCUT2D eigenvalue weighted by Crippen LogP contribution is -2.55. The van der Waals surface area contributed by atoms with Gasteiger partial charge in [0.25, 0.3) is 11.8 Å². The molecule has 58 heavy (non-hydrogen) atoms. The molecule has 4 bridgehead atoms. The summed E-state index contributed by atoms with van der Waals surface area (Å²) >= 11 is 0. The van der Waals surface area contributed by atoms with Crippen LogP contribution in [0.15, 0.2) is 36.4 Å². The number of cyclic esters (lactones) is 1. The normalized spacial score (nSPS) is 31.2. The number of nitrogens with one attached hydrogen (secondary N) is 3. The maximum Gasteiger partial charge on any atom is 0.407 e. The highest BCUT2D eigenvalue weighted by molar-refractivity contribution is 7.91. The molecule has 1 aromatic heterocycles. The molecule has 1 saturated heterocycles. The van der Waals surface area contributed by atoms with Gasteiger partial charge in [0.05, 0.1) is 35.4 Å². The molecule has 3 aliphatic heterocycles. The summed E-state index contributed by atoms with van der Waals surface area (Å²) < 4.78 is 72.8. The van der Waals surface area contributed by atoms with Gasteiger partial charge in [0.2, 0.25) is 27.7 Å². The number of aromatic nitrogens is 2. The number of alkyl carbamates (subject to hydrolysis) is 1. The van der Waals surface area contributed by atoms with Gasteiger partial charge in [-0.25, -0.2) is 23.2 Å². The third-order valence-corrected chi connectivity index (χ3v) is 14.8. The van der Waals surface area contributed by atoms with Crippen molar-refractivity contribution in [1.82, 2.24) is 30.2 Å². The van der Waals surface area contributed by atoms with Crippen LogP contribution in [0.5, 0.6) is 5.88 Å². The number of amides is 4. The molecule has 14 nitrogen and oxygen atoms in total. The number of ether oxygens (including phenoxy) is 2. The Kier molecular flexibility index (Phi) is 11.1. The first-order chi connectivity index (χ1) is 27.8. The quantitative estimate of drug-likeness (QED) is 0.349. The number of carbonyl (C=O) groups is 4. The van der Waals surface area contributed by atoms with Crippen molar-refractivity contribution in [1.29, 1.82) is 0 Å². The van der Waals surface area contributed by atoms with E-state index in [4.69, 9.17) is 9.47 Å². The molecule has 1 unspecified atom stereocenters. The number of carbonyl (C=O) groups excluding carboxylic acids is 4. The van der Waals surface area contributed by atoms with E-state index in [2.05, 4.69) is 25.3 Å². The minimum absolute atomic E-state index is 0.143. The van der Waals surface area contributed by atoms with Crippen molar-refractivity contribution >= 4 is 44.9 Å². The van der Waals surface area contributed by atoms with E-state index in [1.165, 1.54) is 4.90 Å². The fourth-order valence-electron chi connectivity index (χ4n) is 8.96. The summed E-state index contributed by atoms with van der Waals surface area (Å²) in [6.45, 7) is -0.305. The Labute approximate surface area is 336 Å². The van der Waals surface area contributed by atoms with Crippen LogP contribution in [0.25, 0.3) is 11.0 Å². The summed E-state index contributed by atoms with van der Waals surface area (Å²) in [6.07, 6.45) is 10.1. The topological polar surface area (TPSA) is 186 Å². The van der Waals surface area contributed by atoms with Crippen molar-refractivity contribution in [2.24, 2.45) is 17.3 Å². The molecule has 2 aromatic rings. The number of allylic oxidation sites excluding steroid dienone is 1. The molecule has 1 spiro atoms. The van der Waals surface area contributed by atoms with E-state index < -0.39 is 92.5 Å². The molecular formula is C41H52F2N6O8S. The molecule has 4 fully saturated rings. The van der Waals surface area contributed by atoms with Crippen LogP contribution in [0, 0.1) is 17.3 Å². The second kappa shape index (κ2) is 16.0. The maximum absolute atomic E-state index is 16.4. The van der Waals surface area contributed by atoms with E-state index in [9.17, 15) is 27.6 Å². The second-order valence-electron chi connectivity index (χ2n) is 17.3. The lowest BCUT2D eigenvalue weighted by atomic mass is 9.66. The van der Waals surface area contributed by atoms with Crippen LogP contribution in [0.4, 0.5) is 13.6 Å². The van der Waals surface area contributed by atoms with Gasteiger partial charge in [-0.15, -0.1) is 0 Å². The standard InChI is InChI=1S/C41H52F2N6O8S/c42-41(43)21-10-4-9-18-39(19-11-20-39)25-56-38(53)46-31-15-6-3-1-2-5-12-26-22-40(26,37(52)48-58(54,55)27-16-17-27)47-34(50)28-23-49(36(31)51)24-32(28)57-35-33(41)44-29-13-7-8-14-30(29)45-35/h5,7-8,12-14,26-28,31-32H,1-4,6,9-11,15-25H2,(H,46,53)(H,47,50)(H,48,52)/b12-5+/t26-,28?,31+,32+,40-/m1/s1. The number of fused-ring (bicyclic) bond motifs is 7. The molecule has 0 radical (unpaired) electrons. The number of sulfonamides is 1. The molecule has 4 heterocycles. The molecule has 314 valence electrons. The van der Waals surface area contributed by atoms with E-state index in [0.717, 1.165) is 38.5 Å². The van der Waals surface area contributed by atoms with Crippen LogP contribution in [-0.4, -0.2) is 89.7 Å². The Morgan fingerprint density at radius 3 is 2.36 bits per heavy atom. The molecule has 3 aliphatic carbocycles. The summed E-state index contributed by atoms with van der Waals surface area (Å²) in [6, 6.07) is 5.56. The van der Waals surface area contributed by atoms with Crippen molar-refractivity contribution in [2.45, 2.75) is 132 Å². The van der Waals surface area contributed by atoms with Crippen LogP contribution in [-0.2, 0) is 35.1 Å². The molecule has 3 saturated carbocycles. The van der Waals surface area contributed by atoms with Crippen molar-refractivity contribution < 1.29 is 45.9 Å². The van der Waals surface area contributed by atoms with Gasteiger partial charge < -0.3 is 25.0 Å². The Hall–Kier alpha value is -4.41. The van der Waals surface area contributed by atoms with Crippen molar-refractivity contribution in [3.63, 3.8) is 0 Å². The Morgan fingerprint density at radius 2 is 1.62 bits per heavy atom. The van der Waals surface area contributed by atoms with E-state index in [1.54, 1.807) is 24.3 Å². The minimum Gasteiger partial charge on any atom is -0.470 e. The third kappa shape index (κ3) is 8.51. The Morgan fingerprint density at radius 1 is 0.897 bits per heavy atom. The maximum atomic E-state index is 16.4. The monoisotopic (exact) mass is 826 g/mol. The summed E-state index contributed by atoms with van der Waals surface area (Å²) in [5, 5.41) is 4.95. The molecule has 6 aliphatic rings. The van der Waals surface area contributed by atoms with Crippen molar-refractivity contribution in [3.05, 3.63) is 42.1 Å². The lowest BCUT2D eigenvalue weighted by molar-refractivity contribution is -0.134. The number of nitrogens with zero attached hydrogens (tertiary/aromatic N) is 3. The molecule has 17 heteroatoms. The van der Waals surface area contributed by atoms with E-state index in [0.29, 0.717) is 50.5 Å². The van der Waals surface area contributed by atoms with Gasteiger partial charge in [-0.05, 0) is 76.3 Å². The zero-order valence-corrected chi connectivity index (χ0v) is 33.4. The second-order valence-corrected chi connectivity index (χ2v) is 19.2. The highest BCUT2D eigenvalue weighted by Gasteiger charge is 2.62. The first-order valence-electron chi connectivity index (χ1n) is 20.9. The Balaban J connectivity index is 1.16. The van der Waals surface area contributed by atoms with Gasteiger partial charge in [0.1, 0.15) is 17.7 Å². The average Bonchev–Trinajstić information content (AvgIpc) is 4.10. The lowest BCUT2D eigenvalue weighted by Gasteiger charge is -2.41. The van der Waals surface area contributed by atoms with Crippen LogP contribution >= 0.6 is 0 Å². The van der Waals surface area contributed by atoms with Crippen LogP contribution < -0.4 is 20.1 Å². The molecule has 1 aromatic carbocycles. The van der Waals surface area contributed by atoms with Gasteiger partial charge in [0.15, 0.2) is 5.69 Å². The number of halogens is 2. The molecule has 3 N–H and O–H groups in total. The predicted octanol–water partition coefficient (Wildman–Crippen LogP) is 5.16. The molecule has 5 atom stereocenters. The fraction of sp³-hybridized carbons (Fsp3) is 0.659. The number of benzene rings is 1. The third-order valence-electron chi connectivity index (χ3n) is 13.0. The first kappa shape index (κ1) is 40.4. The summed E-state index contributed by atoms with van der Waals surface area (Å²) in [4.78, 5) is 66.2. The molecule has 4 amide bonds. The van der Waals surface area contributed by atoms with Gasteiger partial charge in [-0.3, -0.25) is 19.1 Å². The zero-order chi connectivity index (χ0) is 40.7. The summed E-state index contributed by atoms with van der Waals surface area (Å²) in [7, 11) is -3.95. The SMILES string of the molecule is O=C1N[C@H]2CCCCC/C=C/[C@@H]3C[C@@]3(C(=O)NS(=O)(=O)C3CC3)NC(=O)C3CN(C[C@@H]3Oc3nc4ccccc4nc3C(F)(F)CCCCCC3(CCC3)CO1)C2=O. The summed E-state index contributed by atoms with van der Waals surface area (Å²) in [5.74, 6) is -7.71. The zero-order valence-electron chi connectivity index (χ0n) is 32.6. The smallest absolute Gasteiger partial charge is 0.407 e. The van der Waals surface area contributed by atoms with Gasteiger partial charge in [-0.2, -0.15) is 8.78 Å². The largest absolute Gasteiger partial charge is 0.470 e. The van der Waals surface area contributed by atoms with Gasteiger partial charge in [0, 0.05) is 24.3 Å². The van der Waals surface area contributed by atoms with Gasteiger partial charge in [-0.1, -0.05) is 56.4 Å². The number of alkyl halides is 2. The van der Waals surface area contributed by atoms with Crippen LogP contribution in [0.2, 0.25) is 0 Å².